The van der Waals surface area contributed by atoms with Gasteiger partial charge in [0.25, 0.3) is 0 Å². The molecule has 1 rings (SSSR count). The molecular weight excluding hydrogens is 146 g/mol. The number of aliphatic carboxylic acids is 1. The molecule has 0 aromatic carbocycles. The van der Waals surface area contributed by atoms with Crippen LogP contribution in [0.1, 0.15) is 13.3 Å². The van der Waals surface area contributed by atoms with Gasteiger partial charge in [-0.1, -0.05) is 6.92 Å². The van der Waals surface area contributed by atoms with Gasteiger partial charge in [-0.05, 0) is 0 Å². The fraction of sp³-hybridized carbons (Fsp3) is 0.857. The van der Waals surface area contributed by atoms with Crippen molar-refractivity contribution in [3.63, 3.8) is 0 Å². The summed E-state index contributed by atoms with van der Waals surface area (Å²) in [6.45, 7) is 2.85. The van der Waals surface area contributed by atoms with E-state index >= 15 is 0 Å². The van der Waals surface area contributed by atoms with Crippen molar-refractivity contribution in [3.8, 4) is 0 Å². The van der Waals surface area contributed by atoms with Crippen LogP contribution in [0.2, 0.25) is 0 Å². The SMILES string of the molecule is CC1COCC1(N)CC(=O)O. The van der Waals surface area contributed by atoms with E-state index in [1.165, 1.54) is 0 Å². The smallest absolute Gasteiger partial charge is 0.305 e. The fourth-order valence-electron chi connectivity index (χ4n) is 1.24. The Morgan fingerprint density at radius 3 is 2.91 bits per heavy atom. The zero-order valence-corrected chi connectivity index (χ0v) is 6.54. The molecule has 0 aromatic heterocycles. The summed E-state index contributed by atoms with van der Waals surface area (Å²) in [5, 5.41) is 8.52. The van der Waals surface area contributed by atoms with Gasteiger partial charge >= 0.3 is 5.97 Å². The van der Waals surface area contributed by atoms with Crippen LogP contribution in [0.4, 0.5) is 0 Å². The lowest BCUT2D eigenvalue weighted by Gasteiger charge is -2.24. The van der Waals surface area contributed by atoms with Gasteiger partial charge < -0.3 is 15.6 Å². The number of ether oxygens (including phenoxy) is 1. The Kier molecular flexibility index (Phi) is 2.15. The van der Waals surface area contributed by atoms with Crippen LogP contribution in [0.3, 0.4) is 0 Å². The molecule has 0 bridgehead atoms. The van der Waals surface area contributed by atoms with E-state index in [9.17, 15) is 4.79 Å². The average molecular weight is 159 g/mol. The molecular formula is C7H13NO3. The molecule has 1 saturated heterocycles. The molecule has 0 aliphatic carbocycles. The lowest BCUT2D eigenvalue weighted by atomic mass is 9.86. The number of carboxylic acids is 1. The summed E-state index contributed by atoms with van der Waals surface area (Å²) >= 11 is 0. The van der Waals surface area contributed by atoms with Gasteiger partial charge in [-0.15, -0.1) is 0 Å². The highest BCUT2D eigenvalue weighted by Gasteiger charge is 2.39. The van der Waals surface area contributed by atoms with Gasteiger partial charge in [-0.25, -0.2) is 0 Å². The van der Waals surface area contributed by atoms with Gasteiger partial charge in [0.15, 0.2) is 0 Å². The third kappa shape index (κ3) is 1.70. The van der Waals surface area contributed by atoms with Crippen molar-refractivity contribution in [1.82, 2.24) is 0 Å². The predicted octanol–water partition coefficient (Wildman–Crippen LogP) is -0.175. The minimum atomic E-state index is -0.857. The lowest BCUT2D eigenvalue weighted by Crippen LogP contribution is -2.47. The third-order valence-corrected chi connectivity index (χ3v) is 2.20. The quantitative estimate of drug-likeness (QED) is 0.586. The second-order valence-corrected chi connectivity index (χ2v) is 3.22. The molecule has 1 aliphatic heterocycles. The molecule has 2 atom stereocenters. The first-order chi connectivity index (χ1) is 5.04. The van der Waals surface area contributed by atoms with Gasteiger partial charge in [0.05, 0.1) is 25.2 Å². The second kappa shape index (κ2) is 2.79. The Hall–Kier alpha value is -0.610. The molecule has 4 nitrogen and oxygen atoms in total. The summed E-state index contributed by atoms with van der Waals surface area (Å²) in [6.07, 6.45) is -0.00579. The van der Waals surface area contributed by atoms with Gasteiger partial charge in [-0.2, -0.15) is 0 Å². The molecule has 0 radical (unpaired) electrons. The van der Waals surface area contributed by atoms with Crippen molar-refractivity contribution in [3.05, 3.63) is 0 Å². The van der Waals surface area contributed by atoms with Crippen molar-refractivity contribution in [2.75, 3.05) is 13.2 Å². The molecule has 64 valence electrons. The van der Waals surface area contributed by atoms with Crippen LogP contribution >= 0.6 is 0 Å². The second-order valence-electron chi connectivity index (χ2n) is 3.22. The van der Waals surface area contributed by atoms with E-state index in [2.05, 4.69) is 0 Å². The zero-order chi connectivity index (χ0) is 8.48. The van der Waals surface area contributed by atoms with Crippen molar-refractivity contribution >= 4 is 5.97 Å². The average Bonchev–Trinajstić information content (AvgIpc) is 2.11. The maximum absolute atomic E-state index is 10.4. The number of rotatable bonds is 2. The first kappa shape index (κ1) is 8.49. The van der Waals surface area contributed by atoms with Crippen LogP contribution in [0, 0.1) is 5.92 Å². The molecule has 4 heteroatoms. The number of hydrogen-bond acceptors (Lipinski definition) is 3. The normalized spacial score (nSPS) is 37.5. The van der Waals surface area contributed by atoms with Gasteiger partial charge in [-0.3, -0.25) is 4.79 Å². The van der Waals surface area contributed by atoms with Crippen LogP contribution in [0.5, 0.6) is 0 Å². The van der Waals surface area contributed by atoms with Gasteiger partial charge in [0.1, 0.15) is 0 Å². The van der Waals surface area contributed by atoms with Crippen LogP contribution in [0.25, 0.3) is 0 Å². The molecule has 0 amide bonds. The number of carbonyl (C=O) groups is 1. The Labute approximate surface area is 65.3 Å². The van der Waals surface area contributed by atoms with E-state index in [-0.39, 0.29) is 12.3 Å². The van der Waals surface area contributed by atoms with E-state index in [4.69, 9.17) is 15.6 Å². The van der Waals surface area contributed by atoms with Crippen LogP contribution < -0.4 is 5.73 Å². The van der Waals surface area contributed by atoms with Crippen LogP contribution in [-0.4, -0.2) is 29.8 Å². The van der Waals surface area contributed by atoms with Crippen LogP contribution in [0.15, 0.2) is 0 Å². The van der Waals surface area contributed by atoms with E-state index in [1.807, 2.05) is 6.92 Å². The Bertz CT molecular complexity index is 171. The largest absolute Gasteiger partial charge is 0.481 e. The van der Waals surface area contributed by atoms with E-state index < -0.39 is 11.5 Å². The van der Waals surface area contributed by atoms with Crippen molar-refractivity contribution in [1.29, 1.82) is 0 Å². The van der Waals surface area contributed by atoms with E-state index in [0.29, 0.717) is 13.2 Å². The Morgan fingerprint density at radius 1 is 1.91 bits per heavy atom. The molecule has 1 fully saturated rings. The highest BCUT2D eigenvalue weighted by Crippen LogP contribution is 2.25. The molecule has 0 saturated carbocycles. The maximum Gasteiger partial charge on any atom is 0.305 e. The fourth-order valence-corrected chi connectivity index (χ4v) is 1.24. The molecule has 0 aromatic rings. The summed E-state index contributed by atoms with van der Waals surface area (Å²) in [4.78, 5) is 10.4. The lowest BCUT2D eigenvalue weighted by molar-refractivity contribution is -0.138. The van der Waals surface area contributed by atoms with Crippen molar-refractivity contribution in [2.24, 2.45) is 11.7 Å². The summed E-state index contributed by atoms with van der Waals surface area (Å²) in [6, 6.07) is 0. The highest BCUT2D eigenvalue weighted by molar-refractivity contribution is 5.68. The first-order valence-corrected chi connectivity index (χ1v) is 3.63. The standard InChI is InChI=1S/C7H13NO3/c1-5-3-11-4-7(5,8)2-6(9)10/h5H,2-4,8H2,1H3,(H,9,10). The Balaban J connectivity index is 2.58. The predicted molar refractivity (Wildman–Crippen MR) is 39.2 cm³/mol. The van der Waals surface area contributed by atoms with Gasteiger partial charge in [0.2, 0.25) is 0 Å². The molecule has 3 N–H and O–H groups in total. The minimum absolute atomic E-state index is 0.00579. The molecule has 1 heterocycles. The summed E-state index contributed by atoms with van der Waals surface area (Å²) in [7, 11) is 0. The first-order valence-electron chi connectivity index (χ1n) is 3.63. The molecule has 1 aliphatic rings. The van der Waals surface area contributed by atoms with E-state index in [0.717, 1.165) is 0 Å². The summed E-state index contributed by atoms with van der Waals surface area (Å²) < 4.78 is 5.08. The summed E-state index contributed by atoms with van der Waals surface area (Å²) in [5.74, 6) is -0.719. The van der Waals surface area contributed by atoms with Crippen molar-refractivity contribution < 1.29 is 14.6 Å². The summed E-state index contributed by atoms with van der Waals surface area (Å²) in [5.41, 5.74) is 5.15. The number of carboxylic acid groups (broad SMARTS) is 1. The molecule has 11 heavy (non-hydrogen) atoms. The molecule has 0 spiro atoms. The van der Waals surface area contributed by atoms with Gasteiger partial charge in [0, 0.05) is 5.92 Å². The number of nitrogens with two attached hydrogens (primary N) is 1. The van der Waals surface area contributed by atoms with Crippen LogP contribution in [-0.2, 0) is 9.53 Å². The zero-order valence-electron chi connectivity index (χ0n) is 6.54. The highest BCUT2D eigenvalue weighted by atomic mass is 16.5. The Morgan fingerprint density at radius 2 is 2.55 bits per heavy atom. The maximum atomic E-state index is 10.4. The third-order valence-electron chi connectivity index (χ3n) is 2.20. The minimum Gasteiger partial charge on any atom is -0.481 e. The topological polar surface area (TPSA) is 72.5 Å². The monoisotopic (exact) mass is 159 g/mol. The number of hydrogen-bond donors (Lipinski definition) is 2. The van der Waals surface area contributed by atoms with E-state index in [1.54, 1.807) is 0 Å². The molecule has 2 unspecified atom stereocenters. The van der Waals surface area contributed by atoms with Crippen molar-refractivity contribution in [2.45, 2.75) is 18.9 Å².